The molecule has 3 amide bonds. The second-order valence-corrected chi connectivity index (χ2v) is 6.67. The van der Waals surface area contributed by atoms with Crippen LogP contribution in [-0.4, -0.2) is 48.5 Å². The van der Waals surface area contributed by atoms with Crippen LogP contribution in [0.3, 0.4) is 0 Å². The lowest BCUT2D eigenvalue weighted by Crippen LogP contribution is -2.36. The Morgan fingerprint density at radius 3 is 2.38 bits per heavy atom. The number of carbonyl (C=O) groups excluding carboxylic acids is 3. The number of nitrogens with zero attached hydrogens (tertiary/aromatic N) is 1. The third-order valence-corrected chi connectivity index (χ3v) is 4.10. The lowest BCUT2D eigenvalue weighted by molar-refractivity contribution is -0.134. The molecule has 0 saturated carbocycles. The molecule has 1 aromatic carbocycles. The summed E-state index contributed by atoms with van der Waals surface area (Å²) in [4.78, 5) is 38.2. The minimum Gasteiger partial charge on any atom is -0.452 e. The first-order valence-electron chi connectivity index (χ1n) is 9.09. The van der Waals surface area contributed by atoms with Crippen molar-refractivity contribution < 1.29 is 19.1 Å². The first kappa shape index (κ1) is 19.8. The van der Waals surface area contributed by atoms with Gasteiger partial charge in [-0.15, -0.1) is 0 Å². The van der Waals surface area contributed by atoms with E-state index in [0.717, 1.165) is 25.7 Å². The second kappa shape index (κ2) is 9.79. The van der Waals surface area contributed by atoms with Crippen molar-refractivity contribution in [1.29, 1.82) is 0 Å². The van der Waals surface area contributed by atoms with Crippen molar-refractivity contribution in [2.45, 2.75) is 45.6 Å². The first-order valence-corrected chi connectivity index (χ1v) is 9.09. The van der Waals surface area contributed by atoms with Crippen molar-refractivity contribution in [2.24, 2.45) is 0 Å². The highest BCUT2D eigenvalue weighted by Crippen LogP contribution is 2.16. The Morgan fingerprint density at radius 2 is 1.73 bits per heavy atom. The van der Waals surface area contributed by atoms with Crippen LogP contribution in [0.2, 0.25) is 0 Å². The minimum absolute atomic E-state index is 0.0274. The number of anilines is 1. The van der Waals surface area contributed by atoms with Gasteiger partial charge < -0.3 is 20.3 Å². The first-order chi connectivity index (χ1) is 12.5. The number of ether oxygens (including phenoxy) is 1. The molecule has 0 radical (unpaired) electrons. The smallest absolute Gasteiger partial charge is 0.340 e. The highest BCUT2D eigenvalue weighted by molar-refractivity contribution is 6.01. The monoisotopic (exact) mass is 361 g/mol. The number of hydrogen-bond donors (Lipinski definition) is 2. The third-order valence-electron chi connectivity index (χ3n) is 4.10. The molecule has 7 nitrogen and oxygen atoms in total. The third kappa shape index (κ3) is 6.06. The van der Waals surface area contributed by atoms with Gasteiger partial charge in [0.15, 0.2) is 6.61 Å². The fourth-order valence-electron chi connectivity index (χ4n) is 2.81. The van der Waals surface area contributed by atoms with Gasteiger partial charge >= 0.3 is 12.0 Å². The van der Waals surface area contributed by atoms with Crippen molar-refractivity contribution in [3.8, 4) is 0 Å². The fourth-order valence-corrected chi connectivity index (χ4v) is 2.81. The molecule has 0 atom stereocenters. The van der Waals surface area contributed by atoms with Crippen LogP contribution in [0.1, 0.15) is 49.9 Å². The molecule has 142 valence electrons. The number of nitrogens with one attached hydrogen (secondary N) is 2. The zero-order chi connectivity index (χ0) is 18.9. The number of urea groups is 1. The Labute approximate surface area is 154 Å². The number of esters is 1. The molecule has 0 unspecified atom stereocenters. The summed E-state index contributed by atoms with van der Waals surface area (Å²) in [5.74, 6) is -0.808. The maximum atomic E-state index is 12.4. The molecule has 26 heavy (non-hydrogen) atoms. The van der Waals surface area contributed by atoms with Gasteiger partial charge in [-0.05, 0) is 38.8 Å². The summed E-state index contributed by atoms with van der Waals surface area (Å²) in [5.41, 5.74) is 0.563. The van der Waals surface area contributed by atoms with E-state index in [4.69, 9.17) is 4.74 Å². The number of rotatable bonds is 5. The van der Waals surface area contributed by atoms with Gasteiger partial charge in [-0.3, -0.25) is 4.79 Å². The van der Waals surface area contributed by atoms with E-state index >= 15 is 0 Å². The van der Waals surface area contributed by atoms with Gasteiger partial charge in [0, 0.05) is 19.1 Å². The molecule has 1 aliphatic heterocycles. The highest BCUT2D eigenvalue weighted by Gasteiger charge is 2.19. The lowest BCUT2D eigenvalue weighted by atomic mass is 10.2. The van der Waals surface area contributed by atoms with E-state index in [2.05, 4.69) is 10.6 Å². The van der Waals surface area contributed by atoms with Crippen LogP contribution in [0.15, 0.2) is 24.3 Å². The highest BCUT2D eigenvalue weighted by atomic mass is 16.5. The van der Waals surface area contributed by atoms with Crippen LogP contribution < -0.4 is 10.6 Å². The summed E-state index contributed by atoms with van der Waals surface area (Å²) in [7, 11) is 0. The SMILES string of the molecule is CC(C)NC(=O)Nc1ccccc1C(=O)OCC(=O)N1CCCCCC1. The standard InChI is InChI=1S/C19H27N3O4/c1-14(2)20-19(25)21-16-10-6-5-9-15(16)18(24)26-13-17(23)22-11-7-3-4-8-12-22/h5-6,9-10,14H,3-4,7-8,11-13H2,1-2H3,(H2,20,21,25). The second-order valence-electron chi connectivity index (χ2n) is 6.67. The number of hydrogen-bond acceptors (Lipinski definition) is 4. The van der Waals surface area contributed by atoms with Crippen molar-refractivity contribution in [3.05, 3.63) is 29.8 Å². The largest absolute Gasteiger partial charge is 0.452 e. The number of para-hydroxylation sites is 1. The average molecular weight is 361 g/mol. The van der Waals surface area contributed by atoms with E-state index in [0.29, 0.717) is 18.8 Å². The topological polar surface area (TPSA) is 87.7 Å². The molecular formula is C19H27N3O4. The van der Waals surface area contributed by atoms with Crippen LogP contribution in [0.4, 0.5) is 10.5 Å². The summed E-state index contributed by atoms with van der Waals surface area (Å²) >= 11 is 0. The zero-order valence-electron chi connectivity index (χ0n) is 15.4. The molecule has 1 fully saturated rings. The predicted octanol–water partition coefficient (Wildman–Crippen LogP) is 2.78. The normalized spacial score (nSPS) is 14.5. The number of amides is 3. The average Bonchev–Trinajstić information content (AvgIpc) is 2.88. The van der Waals surface area contributed by atoms with E-state index < -0.39 is 12.0 Å². The Morgan fingerprint density at radius 1 is 1.08 bits per heavy atom. The summed E-state index contributed by atoms with van der Waals surface area (Å²) < 4.78 is 5.19. The molecule has 0 aliphatic carbocycles. The van der Waals surface area contributed by atoms with Gasteiger partial charge in [0.25, 0.3) is 5.91 Å². The molecule has 1 aliphatic rings. The minimum atomic E-state index is -0.631. The van der Waals surface area contributed by atoms with E-state index in [1.54, 1.807) is 29.2 Å². The van der Waals surface area contributed by atoms with E-state index in [9.17, 15) is 14.4 Å². The molecule has 2 N–H and O–H groups in total. The number of likely N-dealkylation sites (tertiary alicyclic amines) is 1. The van der Waals surface area contributed by atoms with Crippen molar-refractivity contribution in [2.75, 3.05) is 25.0 Å². The Hall–Kier alpha value is -2.57. The quantitative estimate of drug-likeness (QED) is 0.790. The Kier molecular flexibility index (Phi) is 7.44. The molecular weight excluding hydrogens is 334 g/mol. The van der Waals surface area contributed by atoms with Gasteiger partial charge in [-0.2, -0.15) is 0 Å². The Bertz CT molecular complexity index is 637. The van der Waals surface area contributed by atoms with Crippen molar-refractivity contribution in [3.63, 3.8) is 0 Å². The van der Waals surface area contributed by atoms with Crippen molar-refractivity contribution >= 4 is 23.6 Å². The van der Waals surface area contributed by atoms with E-state index in [1.807, 2.05) is 13.8 Å². The van der Waals surface area contributed by atoms with Crippen LogP contribution in [-0.2, 0) is 9.53 Å². The van der Waals surface area contributed by atoms with E-state index in [-0.39, 0.29) is 24.1 Å². The zero-order valence-corrected chi connectivity index (χ0v) is 15.4. The van der Waals surface area contributed by atoms with Crippen LogP contribution in [0.25, 0.3) is 0 Å². The maximum absolute atomic E-state index is 12.4. The number of carbonyl (C=O) groups is 3. The summed E-state index contributed by atoms with van der Waals surface area (Å²) in [6.07, 6.45) is 4.22. The maximum Gasteiger partial charge on any atom is 0.340 e. The van der Waals surface area contributed by atoms with Gasteiger partial charge in [0.05, 0.1) is 11.3 Å². The molecule has 7 heteroatoms. The predicted molar refractivity (Wildman–Crippen MR) is 99.1 cm³/mol. The summed E-state index contributed by atoms with van der Waals surface area (Å²) in [5, 5.41) is 5.33. The lowest BCUT2D eigenvalue weighted by Gasteiger charge is -2.20. The summed E-state index contributed by atoms with van der Waals surface area (Å²) in [6.45, 7) is 4.82. The molecule has 0 aromatic heterocycles. The molecule has 2 rings (SSSR count). The molecule has 1 saturated heterocycles. The van der Waals surface area contributed by atoms with Gasteiger partial charge in [0.2, 0.25) is 0 Å². The van der Waals surface area contributed by atoms with Gasteiger partial charge in [-0.1, -0.05) is 25.0 Å². The molecule has 0 bridgehead atoms. The fraction of sp³-hybridized carbons (Fsp3) is 0.526. The molecule has 1 heterocycles. The van der Waals surface area contributed by atoms with Crippen molar-refractivity contribution in [1.82, 2.24) is 10.2 Å². The van der Waals surface area contributed by atoms with Gasteiger partial charge in [0.1, 0.15) is 0 Å². The number of benzene rings is 1. The summed E-state index contributed by atoms with van der Waals surface area (Å²) in [6, 6.07) is 6.14. The van der Waals surface area contributed by atoms with Crippen LogP contribution >= 0.6 is 0 Å². The van der Waals surface area contributed by atoms with Gasteiger partial charge in [-0.25, -0.2) is 9.59 Å². The van der Waals surface area contributed by atoms with E-state index in [1.165, 1.54) is 0 Å². The van der Waals surface area contributed by atoms with Crippen LogP contribution in [0, 0.1) is 0 Å². The Balaban J connectivity index is 1.94. The van der Waals surface area contributed by atoms with Crippen LogP contribution in [0.5, 0.6) is 0 Å². The molecule has 1 aromatic rings. The molecule has 0 spiro atoms.